The molecular formula is C17H21N5O3. The Hall–Kier alpha value is -3.03. The Morgan fingerprint density at radius 2 is 1.88 bits per heavy atom. The lowest BCUT2D eigenvalue weighted by atomic mass is 10.2. The second-order valence-corrected chi connectivity index (χ2v) is 6.05. The zero-order valence-electron chi connectivity index (χ0n) is 14.7. The van der Waals surface area contributed by atoms with Crippen molar-refractivity contribution in [2.24, 2.45) is 0 Å². The van der Waals surface area contributed by atoms with Gasteiger partial charge in [0.1, 0.15) is 12.3 Å². The molecule has 8 heteroatoms. The van der Waals surface area contributed by atoms with E-state index in [1.165, 1.54) is 0 Å². The van der Waals surface area contributed by atoms with Crippen molar-refractivity contribution in [3.63, 3.8) is 0 Å². The van der Waals surface area contributed by atoms with Crippen molar-refractivity contribution in [1.29, 1.82) is 0 Å². The van der Waals surface area contributed by atoms with Crippen LogP contribution in [0.5, 0.6) is 11.5 Å². The van der Waals surface area contributed by atoms with E-state index in [-0.39, 0.29) is 12.5 Å². The molecule has 0 saturated heterocycles. The fourth-order valence-corrected chi connectivity index (χ4v) is 2.37. The molecule has 132 valence electrons. The summed E-state index contributed by atoms with van der Waals surface area (Å²) in [7, 11) is 7.43. The second-order valence-electron chi connectivity index (χ2n) is 6.05. The molecular weight excluding hydrogens is 322 g/mol. The third kappa shape index (κ3) is 3.57. The Morgan fingerprint density at radius 3 is 2.56 bits per heavy atom. The number of carbonyl (C=O) groups excluding carboxylic acids is 1. The number of amides is 1. The highest BCUT2D eigenvalue weighted by Crippen LogP contribution is 2.31. The van der Waals surface area contributed by atoms with E-state index in [1.54, 1.807) is 23.2 Å². The molecule has 0 aliphatic carbocycles. The van der Waals surface area contributed by atoms with E-state index in [0.29, 0.717) is 29.0 Å². The molecule has 25 heavy (non-hydrogen) atoms. The molecule has 0 bridgehead atoms. The number of aromatic nitrogens is 2. The zero-order valence-corrected chi connectivity index (χ0v) is 14.7. The quantitative estimate of drug-likeness (QED) is 0.898. The number of benzene rings is 1. The number of rotatable bonds is 4. The van der Waals surface area contributed by atoms with Gasteiger partial charge in [0.2, 0.25) is 12.1 Å². The topological polar surface area (TPSA) is 79.8 Å². The SMILES string of the molecule is CN(C)c1ncc(NC(=O)C2COc3ccccc3O2)c(N(C)C)n1. The van der Waals surface area contributed by atoms with Crippen molar-refractivity contribution in [3.8, 4) is 11.5 Å². The first-order valence-electron chi connectivity index (χ1n) is 7.86. The van der Waals surface area contributed by atoms with Crippen molar-refractivity contribution in [2.75, 3.05) is 49.9 Å². The molecule has 2 aromatic rings. The summed E-state index contributed by atoms with van der Waals surface area (Å²) < 4.78 is 11.3. The molecule has 1 aromatic heterocycles. The summed E-state index contributed by atoms with van der Waals surface area (Å²) in [5.41, 5.74) is 0.517. The van der Waals surface area contributed by atoms with Gasteiger partial charge >= 0.3 is 0 Å². The Morgan fingerprint density at radius 1 is 1.16 bits per heavy atom. The van der Waals surface area contributed by atoms with Gasteiger partial charge in [0.25, 0.3) is 5.91 Å². The van der Waals surface area contributed by atoms with Crippen LogP contribution in [0.25, 0.3) is 0 Å². The van der Waals surface area contributed by atoms with E-state index in [1.807, 2.05) is 45.2 Å². The minimum Gasteiger partial charge on any atom is -0.485 e. The maximum Gasteiger partial charge on any atom is 0.269 e. The molecule has 2 heterocycles. The number of fused-ring (bicyclic) bond motifs is 1. The van der Waals surface area contributed by atoms with Gasteiger partial charge in [-0.1, -0.05) is 12.1 Å². The van der Waals surface area contributed by atoms with Crippen LogP contribution in [0.4, 0.5) is 17.5 Å². The first-order chi connectivity index (χ1) is 12.0. The first-order valence-corrected chi connectivity index (χ1v) is 7.86. The molecule has 1 aromatic carbocycles. The summed E-state index contributed by atoms with van der Waals surface area (Å²) in [6.07, 6.45) is 0.853. The van der Waals surface area contributed by atoms with Gasteiger partial charge in [-0.15, -0.1) is 0 Å². The van der Waals surface area contributed by atoms with Crippen LogP contribution in [-0.2, 0) is 4.79 Å². The molecule has 8 nitrogen and oxygen atoms in total. The van der Waals surface area contributed by atoms with Gasteiger partial charge in [-0.25, -0.2) is 4.98 Å². The van der Waals surface area contributed by atoms with Gasteiger partial charge in [0.15, 0.2) is 17.3 Å². The number of hydrogen-bond donors (Lipinski definition) is 1. The standard InChI is InChI=1S/C17H21N5O3/c1-21(2)15-11(9-18-17(20-15)22(3)4)19-16(23)14-10-24-12-7-5-6-8-13(12)25-14/h5-9,14H,10H2,1-4H3,(H,19,23). The van der Waals surface area contributed by atoms with Crippen LogP contribution in [-0.4, -0.2) is 56.8 Å². The number of hydrogen-bond acceptors (Lipinski definition) is 7. The lowest BCUT2D eigenvalue weighted by Gasteiger charge is -2.26. The number of anilines is 3. The zero-order chi connectivity index (χ0) is 18.0. The minimum atomic E-state index is -0.738. The summed E-state index contributed by atoms with van der Waals surface area (Å²) in [5.74, 6) is 2.07. The second kappa shape index (κ2) is 6.84. The molecule has 1 N–H and O–H groups in total. The van der Waals surface area contributed by atoms with E-state index in [2.05, 4.69) is 15.3 Å². The van der Waals surface area contributed by atoms with Crippen LogP contribution in [0.3, 0.4) is 0 Å². The van der Waals surface area contributed by atoms with Gasteiger partial charge in [-0.3, -0.25) is 4.79 Å². The maximum absolute atomic E-state index is 12.6. The number of carbonyl (C=O) groups is 1. The van der Waals surface area contributed by atoms with Crippen LogP contribution in [0.2, 0.25) is 0 Å². The third-order valence-electron chi connectivity index (χ3n) is 3.64. The van der Waals surface area contributed by atoms with Gasteiger partial charge < -0.3 is 24.6 Å². The third-order valence-corrected chi connectivity index (χ3v) is 3.64. The van der Waals surface area contributed by atoms with Crippen molar-refractivity contribution in [3.05, 3.63) is 30.5 Å². The predicted octanol–water partition coefficient (Wildman–Crippen LogP) is 1.39. The first kappa shape index (κ1) is 16.8. The predicted molar refractivity (Wildman–Crippen MR) is 95.7 cm³/mol. The molecule has 0 spiro atoms. The average Bonchev–Trinajstić information content (AvgIpc) is 2.61. The van der Waals surface area contributed by atoms with Gasteiger partial charge in [-0.2, -0.15) is 4.98 Å². The summed E-state index contributed by atoms with van der Waals surface area (Å²) in [6, 6.07) is 7.27. The average molecular weight is 343 g/mol. The molecule has 0 radical (unpaired) electrons. The Balaban J connectivity index is 1.77. The number of para-hydroxylation sites is 2. The Labute approximate surface area is 146 Å². The van der Waals surface area contributed by atoms with Crippen LogP contribution in [0.15, 0.2) is 30.5 Å². The van der Waals surface area contributed by atoms with E-state index in [4.69, 9.17) is 9.47 Å². The van der Waals surface area contributed by atoms with Crippen molar-refractivity contribution < 1.29 is 14.3 Å². The molecule has 1 unspecified atom stereocenters. The van der Waals surface area contributed by atoms with E-state index in [9.17, 15) is 4.79 Å². The highest BCUT2D eigenvalue weighted by molar-refractivity contribution is 5.97. The summed E-state index contributed by atoms with van der Waals surface area (Å²) >= 11 is 0. The maximum atomic E-state index is 12.6. The number of nitrogens with zero attached hydrogens (tertiary/aromatic N) is 4. The largest absolute Gasteiger partial charge is 0.485 e. The fourth-order valence-electron chi connectivity index (χ4n) is 2.37. The minimum absolute atomic E-state index is 0.150. The molecule has 3 rings (SSSR count). The van der Waals surface area contributed by atoms with Crippen LogP contribution in [0, 0.1) is 0 Å². The molecule has 1 aliphatic heterocycles. The fraction of sp³-hybridized carbons (Fsp3) is 0.353. The van der Waals surface area contributed by atoms with Gasteiger partial charge in [0, 0.05) is 28.2 Å². The van der Waals surface area contributed by atoms with E-state index >= 15 is 0 Å². The molecule has 0 fully saturated rings. The summed E-state index contributed by atoms with van der Waals surface area (Å²) in [4.78, 5) is 24.9. The lowest BCUT2D eigenvalue weighted by molar-refractivity contribution is -0.125. The lowest BCUT2D eigenvalue weighted by Crippen LogP contribution is -2.40. The van der Waals surface area contributed by atoms with Crippen LogP contribution in [0.1, 0.15) is 0 Å². The number of ether oxygens (including phenoxy) is 2. The molecule has 0 saturated carbocycles. The Bertz CT molecular complexity index is 779. The van der Waals surface area contributed by atoms with Crippen molar-refractivity contribution in [1.82, 2.24) is 9.97 Å². The highest BCUT2D eigenvalue weighted by atomic mass is 16.6. The smallest absolute Gasteiger partial charge is 0.269 e. The molecule has 1 atom stereocenters. The van der Waals surface area contributed by atoms with Gasteiger partial charge in [-0.05, 0) is 12.1 Å². The molecule has 1 amide bonds. The van der Waals surface area contributed by atoms with Crippen molar-refractivity contribution in [2.45, 2.75) is 6.10 Å². The summed E-state index contributed by atoms with van der Waals surface area (Å²) in [5, 5.41) is 2.83. The number of nitrogens with one attached hydrogen (secondary N) is 1. The van der Waals surface area contributed by atoms with Gasteiger partial charge in [0.05, 0.1) is 6.20 Å². The van der Waals surface area contributed by atoms with Crippen molar-refractivity contribution >= 4 is 23.4 Å². The van der Waals surface area contributed by atoms with Crippen LogP contribution < -0.4 is 24.6 Å². The van der Waals surface area contributed by atoms with E-state index < -0.39 is 6.10 Å². The Kier molecular flexibility index (Phi) is 4.60. The van der Waals surface area contributed by atoms with E-state index in [0.717, 1.165) is 0 Å². The monoisotopic (exact) mass is 343 g/mol. The summed E-state index contributed by atoms with van der Waals surface area (Å²) in [6.45, 7) is 0.150. The normalized spacial score (nSPS) is 15.4. The van der Waals surface area contributed by atoms with Crippen LogP contribution >= 0.6 is 0 Å². The molecule has 1 aliphatic rings. The highest BCUT2D eigenvalue weighted by Gasteiger charge is 2.28.